The second kappa shape index (κ2) is 5.67. The van der Waals surface area contributed by atoms with E-state index in [1.54, 1.807) is 7.11 Å². The zero-order chi connectivity index (χ0) is 13.9. The van der Waals surface area contributed by atoms with Crippen molar-refractivity contribution in [1.29, 1.82) is 0 Å². The third-order valence-corrected chi connectivity index (χ3v) is 3.71. The predicted octanol–water partition coefficient (Wildman–Crippen LogP) is 2.87. The fraction of sp³-hybridized carbons (Fsp3) is 0.438. The van der Waals surface area contributed by atoms with Crippen LogP contribution in [0.2, 0.25) is 0 Å². The molecule has 1 aromatic carbocycles. The summed E-state index contributed by atoms with van der Waals surface area (Å²) < 4.78 is 7.39. The van der Waals surface area contributed by atoms with Gasteiger partial charge in [-0.25, -0.2) is 4.68 Å². The van der Waals surface area contributed by atoms with Crippen LogP contribution in [0.5, 0.6) is 5.75 Å². The first-order valence-electron chi connectivity index (χ1n) is 7.25. The zero-order valence-corrected chi connectivity index (χ0v) is 12.1. The van der Waals surface area contributed by atoms with Crippen LogP contribution in [0.4, 0.5) is 0 Å². The molecular formula is C16H21N3O. The van der Waals surface area contributed by atoms with E-state index in [1.807, 2.05) is 24.4 Å². The Hall–Kier alpha value is -1.81. The average molecular weight is 271 g/mol. The first-order chi connectivity index (χ1) is 9.83. The lowest BCUT2D eigenvalue weighted by Gasteiger charge is -2.10. The van der Waals surface area contributed by atoms with Gasteiger partial charge in [0, 0.05) is 24.1 Å². The van der Waals surface area contributed by atoms with E-state index in [9.17, 15) is 0 Å². The minimum atomic E-state index is 0.664. The Morgan fingerprint density at radius 1 is 1.40 bits per heavy atom. The second-order valence-corrected chi connectivity index (χ2v) is 5.22. The molecule has 1 aromatic heterocycles. The van der Waals surface area contributed by atoms with Crippen molar-refractivity contribution < 1.29 is 4.74 Å². The molecule has 0 atom stereocenters. The molecule has 4 heteroatoms. The Kier molecular flexibility index (Phi) is 3.74. The molecule has 0 unspecified atom stereocenters. The average Bonchev–Trinajstić information content (AvgIpc) is 3.25. The highest BCUT2D eigenvalue weighted by atomic mass is 16.5. The van der Waals surface area contributed by atoms with Crippen LogP contribution >= 0.6 is 0 Å². The molecule has 0 amide bonds. The van der Waals surface area contributed by atoms with E-state index in [0.717, 1.165) is 24.5 Å². The van der Waals surface area contributed by atoms with E-state index in [1.165, 1.54) is 24.1 Å². The summed E-state index contributed by atoms with van der Waals surface area (Å²) in [6.45, 7) is 4.00. The van der Waals surface area contributed by atoms with Crippen LogP contribution in [-0.4, -0.2) is 23.4 Å². The molecule has 2 aromatic rings. The number of rotatable bonds is 6. The van der Waals surface area contributed by atoms with Crippen molar-refractivity contribution in [2.24, 2.45) is 0 Å². The van der Waals surface area contributed by atoms with E-state index < -0.39 is 0 Å². The Morgan fingerprint density at radius 2 is 2.25 bits per heavy atom. The summed E-state index contributed by atoms with van der Waals surface area (Å²) >= 11 is 0. The summed E-state index contributed by atoms with van der Waals surface area (Å²) in [6.07, 6.45) is 4.54. The van der Waals surface area contributed by atoms with Gasteiger partial charge in [-0.05, 0) is 31.5 Å². The highest BCUT2D eigenvalue weighted by Crippen LogP contribution is 2.42. The van der Waals surface area contributed by atoms with E-state index in [4.69, 9.17) is 4.74 Å². The van der Waals surface area contributed by atoms with Crippen LogP contribution in [0.3, 0.4) is 0 Å². The smallest absolute Gasteiger partial charge is 0.121 e. The maximum absolute atomic E-state index is 5.31. The van der Waals surface area contributed by atoms with Crippen molar-refractivity contribution in [3.8, 4) is 11.4 Å². The Labute approximate surface area is 119 Å². The predicted molar refractivity (Wildman–Crippen MR) is 79.5 cm³/mol. The van der Waals surface area contributed by atoms with Gasteiger partial charge in [-0.1, -0.05) is 13.0 Å². The minimum absolute atomic E-state index is 0.664. The Balaban J connectivity index is 1.97. The highest BCUT2D eigenvalue weighted by molar-refractivity contribution is 5.42. The van der Waals surface area contributed by atoms with Gasteiger partial charge in [0.25, 0.3) is 0 Å². The molecule has 106 valence electrons. The van der Waals surface area contributed by atoms with Gasteiger partial charge in [0.15, 0.2) is 0 Å². The van der Waals surface area contributed by atoms with Crippen LogP contribution in [0.15, 0.2) is 30.5 Å². The monoisotopic (exact) mass is 271 g/mol. The molecule has 1 saturated carbocycles. The van der Waals surface area contributed by atoms with Crippen molar-refractivity contribution in [1.82, 2.24) is 15.1 Å². The van der Waals surface area contributed by atoms with Crippen molar-refractivity contribution in [2.75, 3.05) is 13.7 Å². The summed E-state index contributed by atoms with van der Waals surface area (Å²) in [5, 5.41) is 7.99. The number of hydrogen-bond acceptors (Lipinski definition) is 3. The summed E-state index contributed by atoms with van der Waals surface area (Å²) in [7, 11) is 1.70. The van der Waals surface area contributed by atoms with Gasteiger partial charge >= 0.3 is 0 Å². The number of nitrogens with one attached hydrogen (secondary N) is 1. The number of ether oxygens (including phenoxy) is 1. The van der Waals surface area contributed by atoms with Crippen molar-refractivity contribution in [3.63, 3.8) is 0 Å². The lowest BCUT2D eigenvalue weighted by molar-refractivity contribution is 0.414. The molecule has 0 saturated heterocycles. The second-order valence-electron chi connectivity index (χ2n) is 5.22. The van der Waals surface area contributed by atoms with E-state index >= 15 is 0 Å². The molecule has 0 spiro atoms. The number of hydrogen-bond donors (Lipinski definition) is 1. The van der Waals surface area contributed by atoms with Crippen molar-refractivity contribution >= 4 is 0 Å². The normalized spacial score (nSPS) is 14.5. The first-order valence-corrected chi connectivity index (χ1v) is 7.25. The van der Waals surface area contributed by atoms with Crippen LogP contribution in [-0.2, 0) is 6.54 Å². The fourth-order valence-corrected chi connectivity index (χ4v) is 2.53. The van der Waals surface area contributed by atoms with E-state index in [2.05, 4.69) is 28.1 Å². The highest BCUT2D eigenvalue weighted by Gasteiger charge is 2.30. The zero-order valence-electron chi connectivity index (χ0n) is 12.1. The van der Waals surface area contributed by atoms with Crippen LogP contribution in [0.25, 0.3) is 5.69 Å². The molecule has 0 radical (unpaired) electrons. The van der Waals surface area contributed by atoms with Gasteiger partial charge in [0.1, 0.15) is 5.75 Å². The molecule has 3 rings (SSSR count). The molecule has 1 fully saturated rings. The molecule has 1 heterocycles. The molecule has 1 aliphatic carbocycles. The molecule has 20 heavy (non-hydrogen) atoms. The third-order valence-electron chi connectivity index (χ3n) is 3.71. The summed E-state index contributed by atoms with van der Waals surface area (Å²) in [5.74, 6) is 1.53. The maximum Gasteiger partial charge on any atom is 0.121 e. The molecule has 0 aliphatic heterocycles. The molecular weight excluding hydrogens is 250 g/mol. The number of nitrogens with zero attached hydrogens (tertiary/aromatic N) is 2. The van der Waals surface area contributed by atoms with Gasteiger partial charge in [-0.3, -0.25) is 0 Å². The molecule has 1 aliphatic rings. The van der Waals surface area contributed by atoms with Crippen LogP contribution in [0.1, 0.15) is 36.9 Å². The largest absolute Gasteiger partial charge is 0.497 e. The number of methoxy groups -OCH3 is 1. The lowest BCUT2D eigenvalue weighted by Crippen LogP contribution is -2.13. The quantitative estimate of drug-likeness (QED) is 0.878. The Bertz CT molecular complexity index is 587. The Morgan fingerprint density at radius 3 is 2.95 bits per heavy atom. The first kappa shape index (κ1) is 13.2. The molecule has 1 N–H and O–H groups in total. The van der Waals surface area contributed by atoms with Gasteiger partial charge in [0.2, 0.25) is 0 Å². The van der Waals surface area contributed by atoms with Crippen LogP contribution in [0, 0.1) is 0 Å². The van der Waals surface area contributed by atoms with Crippen molar-refractivity contribution in [2.45, 2.75) is 32.2 Å². The molecule has 4 nitrogen and oxygen atoms in total. The fourth-order valence-electron chi connectivity index (χ4n) is 2.53. The topological polar surface area (TPSA) is 39.1 Å². The number of benzene rings is 1. The third kappa shape index (κ3) is 2.56. The number of aromatic nitrogens is 2. The summed E-state index contributed by atoms with van der Waals surface area (Å²) in [4.78, 5) is 0. The summed E-state index contributed by atoms with van der Waals surface area (Å²) in [6, 6.07) is 8.09. The van der Waals surface area contributed by atoms with Gasteiger partial charge < -0.3 is 10.1 Å². The lowest BCUT2D eigenvalue weighted by atomic mass is 10.1. The van der Waals surface area contributed by atoms with E-state index in [-0.39, 0.29) is 0 Å². The van der Waals surface area contributed by atoms with Gasteiger partial charge in [0.05, 0.1) is 24.7 Å². The molecule has 0 bridgehead atoms. The van der Waals surface area contributed by atoms with Gasteiger partial charge in [-0.15, -0.1) is 0 Å². The van der Waals surface area contributed by atoms with Gasteiger partial charge in [-0.2, -0.15) is 5.10 Å². The minimum Gasteiger partial charge on any atom is -0.497 e. The van der Waals surface area contributed by atoms with Crippen molar-refractivity contribution in [3.05, 3.63) is 41.7 Å². The maximum atomic E-state index is 5.31. The van der Waals surface area contributed by atoms with E-state index in [0.29, 0.717) is 5.92 Å². The standard InChI is InChI=1S/C16H21N3O/c1-3-17-10-13-11-18-19(16(13)12-7-8-12)14-5-4-6-15(9-14)20-2/h4-6,9,11-12,17H,3,7-8,10H2,1-2H3. The summed E-state index contributed by atoms with van der Waals surface area (Å²) in [5.41, 5.74) is 3.75. The van der Waals surface area contributed by atoms with Crippen LogP contribution < -0.4 is 10.1 Å². The SMILES string of the molecule is CCNCc1cnn(-c2cccc(OC)c2)c1C1CC1.